The molecule has 4 unspecified atom stereocenters. The number of carbonyl (C=O) groups excluding carboxylic acids is 1. The van der Waals surface area contributed by atoms with Gasteiger partial charge in [-0.05, 0) is 26.7 Å². The molecule has 15 heteroatoms. The summed E-state index contributed by atoms with van der Waals surface area (Å²) in [6, 6.07) is 0. The first kappa shape index (κ1) is 27.7. The van der Waals surface area contributed by atoms with Crippen molar-refractivity contribution in [2.24, 2.45) is 5.41 Å². The van der Waals surface area contributed by atoms with Gasteiger partial charge in [0.25, 0.3) is 0 Å². The van der Waals surface area contributed by atoms with Gasteiger partial charge < -0.3 is 14.6 Å². The van der Waals surface area contributed by atoms with Crippen LogP contribution in [0.1, 0.15) is 47.0 Å². The molecule has 0 aromatic heterocycles. The molecule has 0 radical (unpaired) electrons. The molecule has 0 aromatic carbocycles. The van der Waals surface area contributed by atoms with Gasteiger partial charge in [-0.25, -0.2) is 0 Å². The maximum Gasteiger partial charge on any atom is 0.449 e. The zero-order valence-electron chi connectivity index (χ0n) is 16.5. The van der Waals surface area contributed by atoms with Crippen molar-refractivity contribution in [1.82, 2.24) is 0 Å². The quantitative estimate of drug-likeness (QED) is 0.436. The van der Waals surface area contributed by atoms with Gasteiger partial charge in [0.1, 0.15) is 0 Å². The van der Waals surface area contributed by atoms with E-state index in [9.17, 15) is 58.2 Å². The third-order valence-corrected chi connectivity index (χ3v) is 5.63. The number of rotatable bonds is 4. The maximum absolute atomic E-state index is 14.8. The van der Waals surface area contributed by atoms with Crippen LogP contribution >= 0.6 is 0 Å². The van der Waals surface area contributed by atoms with E-state index in [1.807, 2.05) is 0 Å². The Kier molecular flexibility index (Phi) is 6.53. The number of esters is 1. The normalized spacial score (nSPS) is 34.2. The van der Waals surface area contributed by atoms with Crippen LogP contribution in [-0.2, 0) is 14.3 Å². The van der Waals surface area contributed by atoms with Gasteiger partial charge in [-0.15, -0.1) is 0 Å². The number of carbonyl (C=O) groups is 1. The predicted octanol–water partition coefficient (Wildman–Crippen LogP) is 5.28. The predicted molar refractivity (Wildman–Crippen MR) is 79.7 cm³/mol. The van der Waals surface area contributed by atoms with Crippen molar-refractivity contribution in [3.63, 3.8) is 0 Å². The summed E-state index contributed by atoms with van der Waals surface area (Å²) < 4.78 is 158. The molecule has 0 bridgehead atoms. The maximum atomic E-state index is 14.8. The van der Waals surface area contributed by atoms with E-state index >= 15 is 0 Å². The highest BCUT2D eigenvalue weighted by Gasteiger charge is 2.86. The highest BCUT2D eigenvalue weighted by atomic mass is 19.4. The number of halogens is 11. The van der Waals surface area contributed by atoms with Gasteiger partial charge in [0.05, 0.1) is 0 Å². The fourth-order valence-corrected chi connectivity index (χ4v) is 3.07. The Bertz CT molecular complexity index is 701. The lowest BCUT2D eigenvalue weighted by Gasteiger charge is -2.56. The first-order valence-corrected chi connectivity index (χ1v) is 8.65. The molecule has 0 aromatic rings. The molecule has 1 heterocycles. The second kappa shape index (κ2) is 7.32. The molecular formula is C16H19F11O4. The van der Waals surface area contributed by atoms with Gasteiger partial charge in [-0.1, -0.05) is 13.8 Å². The van der Waals surface area contributed by atoms with Gasteiger partial charge in [0.15, 0.2) is 16.6 Å². The molecule has 0 saturated carbocycles. The minimum atomic E-state index is -6.56. The van der Waals surface area contributed by atoms with E-state index in [1.165, 1.54) is 0 Å². The Morgan fingerprint density at radius 3 is 1.74 bits per heavy atom. The molecule has 31 heavy (non-hydrogen) atoms. The van der Waals surface area contributed by atoms with Gasteiger partial charge in [0, 0.05) is 6.42 Å². The molecule has 0 amide bonds. The van der Waals surface area contributed by atoms with Crippen molar-refractivity contribution in [1.29, 1.82) is 0 Å². The molecule has 1 fully saturated rings. The van der Waals surface area contributed by atoms with Crippen LogP contribution in [0.2, 0.25) is 0 Å². The summed E-state index contributed by atoms with van der Waals surface area (Å²) in [7, 11) is 0. The van der Waals surface area contributed by atoms with Crippen LogP contribution in [0.15, 0.2) is 0 Å². The van der Waals surface area contributed by atoms with Crippen molar-refractivity contribution in [2.75, 3.05) is 0 Å². The van der Waals surface area contributed by atoms with Crippen molar-refractivity contribution >= 4 is 5.97 Å². The van der Waals surface area contributed by atoms with E-state index in [1.54, 1.807) is 0 Å². The first-order chi connectivity index (χ1) is 13.4. The number of hydrogen-bond acceptors (Lipinski definition) is 4. The van der Waals surface area contributed by atoms with Crippen LogP contribution in [0.3, 0.4) is 0 Å². The molecule has 184 valence electrons. The van der Waals surface area contributed by atoms with Crippen LogP contribution in [0.25, 0.3) is 0 Å². The average molecular weight is 484 g/mol. The molecule has 1 rings (SSSR count). The summed E-state index contributed by atoms with van der Waals surface area (Å²) in [6.07, 6.45) is -22.6. The third kappa shape index (κ3) is 3.85. The molecule has 1 saturated heterocycles. The number of ether oxygens (including phenoxy) is 2. The Hall–Kier alpha value is -1.38. The number of aliphatic hydroxyl groups is 1. The van der Waals surface area contributed by atoms with Crippen LogP contribution in [0.5, 0.6) is 0 Å². The lowest BCUT2D eigenvalue weighted by atomic mass is 9.74. The minimum absolute atomic E-state index is 0.118. The topological polar surface area (TPSA) is 55.8 Å². The van der Waals surface area contributed by atoms with Crippen molar-refractivity contribution < 1.29 is 67.7 Å². The Labute approximate surface area is 168 Å². The summed E-state index contributed by atoms with van der Waals surface area (Å²) in [5.74, 6) is -14.2. The second-order valence-corrected chi connectivity index (χ2v) is 7.64. The van der Waals surface area contributed by atoms with Gasteiger partial charge in [0.2, 0.25) is 0 Å². The van der Waals surface area contributed by atoms with Crippen LogP contribution in [0, 0.1) is 5.41 Å². The highest BCUT2D eigenvalue weighted by molar-refractivity contribution is 5.78. The van der Waals surface area contributed by atoms with E-state index in [0.717, 1.165) is 6.92 Å². The Balaban J connectivity index is 3.77. The SMILES string of the molecule is CCC1(C(F)(F)F)CC(C)(OC(=O)C(C)(CC)C(F)(F)F)C(F)(F)C(O)(C(F)(F)F)O1. The largest absolute Gasteiger partial charge is 0.452 e. The summed E-state index contributed by atoms with van der Waals surface area (Å²) in [5.41, 5.74) is -11.9. The van der Waals surface area contributed by atoms with Crippen molar-refractivity contribution in [2.45, 2.75) is 88.4 Å². The Morgan fingerprint density at radius 2 is 1.45 bits per heavy atom. The molecule has 0 spiro atoms. The van der Waals surface area contributed by atoms with Gasteiger partial charge in [-0.2, -0.15) is 48.3 Å². The van der Waals surface area contributed by atoms with Crippen LogP contribution < -0.4 is 0 Å². The minimum Gasteiger partial charge on any atom is -0.452 e. The molecule has 0 aliphatic carbocycles. The van der Waals surface area contributed by atoms with E-state index in [-0.39, 0.29) is 13.8 Å². The first-order valence-electron chi connectivity index (χ1n) is 8.65. The molecule has 1 aliphatic heterocycles. The summed E-state index contributed by atoms with van der Waals surface area (Å²) in [5, 5.41) is 9.62. The molecule has 1 N–H and O–H groups in total. The van der Waals surface area contributed by atoms with E-state index in [2.05, 4.69) is 9.47 Å². The molecule has 4 atom stereocenters. The van der Waals surface area contributed by atoms with Gasteiger partial charge in [-0.3, -0.25) is 4.79 Å². The van der Waals surface area contributed by atoms with Crippen LogP contribution in [-0.4, -0.2) is 52.5 Å². The zero-order valence-corrected chi connectivity index (χ0v) is 16.5. The highest BCUT2D eigenvalue weighted by Crippen LogP contribution is 2.61. The van der Waals surface area contributed by atoms with Crippen molar-refractivity contribution in [3.8, 4) is 0 Å². The van der Waals surface area contributed by atoms with Crippen molar-refractivity contribution in [3.05, 3.63) is 0 Å². The molecule has 1 aliphatic rings. The summed E-state index contributed by atoms with van der Waals surface area (Å²) in [6.45, 7) is 1.43. The van der Waals surface area contributed by atoms with E-state index in [4.69, 9.17) is 0 Å². The Morgan fingerprint density at radius 1 is 1.00 bits per heavy atom. The lowest BCUT2D eigenvalue weighted by Crippen LogP contribution is -2.79. The van der Waals surface area contributed by atoms with Crippen LogP contribution in [0.4, 0.5) is 48.3 Å². The fraction of sp³-hybridized carbons (Fsp3) is 0.938. The summed E-state index contributed by atoms with van der Waals surface area (Å²) >= 11 is 0. The van der Waals surface area contributed by atoms with Gasteiger partial charge >= 0.3 is 36.2 Å². The molecule has 4 nitrogen and oxygen atoms in total. The van der Waals surface area contributed by atoms with E-state index in [0.29, 0.717) is 6.92 Å². The third-order valence-electron chi connectivity index (χ3n) is 5.63. The smallest absolute Gasteiger partial charge is 0.449 e. The lowest BCUT2D eigenvalue weighted by molar-refractivity contribution is -0.517. The fourth-order valence-electron chi connectivity index (χ4n) is 3.07. The monoisotopic (exact) mass is 484 g/mol. The van der Waals surface area contributed by atoms with E-state index < -0.39 is 72.1 Å². The summed E-state index contributed by atoms with van der Waals surface area (Å²) in [4.78, 5) is 12.2. The zero-order chi connectivity index (χ0) is 25.1. The average Bonchev–Trinajstić information content (AvgIpc) is 2.55. The number of hydrogen-bond donors (Lipinski definition) is 1. The molecular weight excluding hydrogens is 465 g/mol. The standard InChI is InChI=1S/C16H19F11O4/c1-5-9(3,14(19,20)21)8(28)30-10(4)7-11(6-2,15(22,23)24)31-13(29,12(10,17)18)16(25,26)27/h29H,5-7H2,1-4H3. The number of alkyl halides is 11. The second-order valence-electron chi connectivity index (χ2n) is 7.64.